The van der Waals surface area contributed by atoms with E-state index in [0.717, 1.165) is 4.47 Å². The summed E-state index contributed by atoms with van der Waals surface area (Å²) in [5.74, 6) is 0.107. The van der Waals surface area contributed by atoms with E-state index in [1.807, 2.05) is 0 Å². The van der Waals surface area contributed by atoms with Crippen LogP contribution in [0.25, 0.3) is 10.4 Å². The Morgan fingerprint density at radius 1 is 1.46 bits per heavy atom. The van der Waals surface area contributed by atoms with Crippen molar-refractivity contribution in [2.75, 3.05) is 0 Å². The average Bonchev–Trinajstić information content (AvgIpc) is 2.09. The number of azide groups is 1. The first-order chi connectivity index (χ1) is 6.15. The quantitative estimate of drug-likeness (QED) is 0.505. The Kier molecular flexibility index (Phi) is 3.59. The van der Waals surface area contributed by atoms with Crippen LogP contribution in [0.4, 0.5) is 0 Å². The van der Waals surface area contributed by atoms with Crippen LogP contribution in [0.2, 0.25) is 0 Å². The summed E-state index contributed by atoms with van der Waals surface area (Å²) in [6.45, 7) is 0.139. The number of hydrogen-bond acceptors (Lipinski definition) is 2. The molecule has 1 rings (SSSR count). The first-order valence-corrected chi connectivity index (χ1v) is 4.91. The van der Waals surface area contributed by atoms with Crippen molar-refractivity contribution < 1.29 is 5.11 Å². The topological polar surface area (TPSA) is 69.0 Å². The Labute approximate surface area is 91.5 Å². The molecule has 1 N–H and O–H groups in total. The van der Waals surface area contributed by atoms with E-state index in [9.17, 15) is 5.11 Å². The van der Waals surface area contributed by atoms with Gasteiger partial charge >= 0.3 is 0 Å². The van der Waals surface area contributed by atoms with E-state index < -0.39 is 0 Å². The lowest BCUT2D eigenvalue weighted by Crippen LogP contribution is -1.83. The van der Waals surface area contributed by atoms with Gasteiger partial charge in [-0.1, -0.05) is 21.0 Å². The fourth-order valence-corrected chi connectivity index (χ4v) is 2.16. The molecule has 13 heavy (non-hydrogen) atoms. The van der Waals surface area contributed by atoms with Crippen molar-refractivity contribution in [1.82, 2.24) is 0 Å². The molecule has 0 saturated heterocycles. The smallest absolute Gasteiger partial charge is 0.133 e. The van der Waals surface area contributed by atoms with Gasteiger partial charge in [0.05, 0.1) is 11.0 Å². The molecule has 0 aliphatic carbocycles. The van der Waals surface area contributed by atoms with Gasteiger partial charge in [0.2, 0.25) is 0 Å². The largest absolute Gasteiger partial charge is 0.506 e. The first-order valence-electron chi connectivity index (χ1n) is 3.33. The minimum atomic E-state index is 0.107. The summed E-state index contributed by atoms with van der Waals surface area (Å²) in [7, 11) is 0. The van der Waals surface area contributed by atoms with E-state index in [2.05, 4.69) is 41.9 Å². The highest BCUT2D eigenvalue weighted by atomic mass is 79.9. The molecule has 0 aliphatic heterocycles. The summed E-state index contributed by atoms with van der Waals surface area (Å²) in [5.41, 5.74) is 8.69. The van der Waals surface area contributed by atoms with Gasteiger partial charge in [-0.05, 0) is 33.6 Å². The Bertz CT molecular complexity index is 374. The SMILES string of the molecule is [N-]=[N+]=NCc1cc(Br)cc(Br)c1O. The number of halogens is 2. The van der Waals surface area contributed by atoms with Gasteiger partial charge in [0.1, 0.15) is 5.75 Å². The zero-order chi connectivity index (χ0) is 9.84. The zero-order valence-corrected chi connectivity index (χ0v) is 9.58. The third kappa shape index (κ3) is 2.62. The number of aromatic hydroxyl groups is 1. The lowest BCUT2D eigenvalue weighted by Gasteiger charge is -2.03. The maximum absolute atomic E-state index is 9.50. The summed E-state index contributed by atoms with van der Waals surface area (Å²) in [4.78, 5) is 2.61. The molecule has 0 heterocycles. The third-order valence-electron chi connectivity index (χ3n) is 1.41. The van der Waals surface area contributed by atoms with Gasteiger partial charge in [0.25, 0.3) is 0 Å². The van der Waals surface area contributed by atoms with E-state index in [-0.39, 0.29) is 12.3 Å². The number of phenolic OH excluding ortho intramolecular Hbond substituents is 1. The Hall–Kier alpha value is -0.710. The van der Waals surface area contributed by atoms with Crippen molar-refractivity contribution in [3.63, 3.8) is 0 Å². The van der Waals surface area contributed by atoms with E-state index in [4.69, 9.17) is 5.53 Å². The molecule has 0 aromatic heterocycles. The highest BCUT2D eigenvalue weighted by Gasteiger charge is 2.05. The van der Waals surface area contributed by atoms with Crippen molar-refractivity contribution in [2.45, 2.75) is 6.54 Å². The molecule has 0 atom stereocenters. The fraction of sp³-hybridized carbons (Fsp3) is 0.143. The monoisotopic (exact) mass is 305 g/mol. The second-order valence-corrected chi connectivity index (χ2v) is 4.05. The third-order valence-corrected chi connectivity index (χ3v) is 2.47. The maximum atomic E-state index is 9.50. The average molecular weight is 307 g/mol. The van der Waals surface area contributed by atoms with Gasteiger partial charge in [-0.3, -0.25) is 0 Å². The van der Waals surface area contributed by atoms with E-state index in [0.29, 0.717) is 10.0 Å². The van der Waals surface area contributed by atoms with Crippen LogP contribution in [0, 0.1) is 0 Å². The molecule has 0 saturated carbocycles. The van der Waals surface area contributed by atoms with Gasteiger partial charge in [-0.15, -0.1) is 0 Å². The van der Waals surface area contributed by atoms with Crippen LogP contribution in [0.1, 0.15) is 5.56 Å². The molecular weight excluding hydrogens is 302 g/mol. The van der Waals surface area contributed by atoms with Crippen molar-refractivity contribution >= 4 is 31.9 Å². The highest BCUT2D eigenvalue weighted by Crippen LogP contribution is 2.31. The van der Waals surface area contributed by atoms with Crippen LogP contribution in [-0.4, -0.2) is 5.11 Å². The Balaban J connectivity index is 3.12. The molecule has 0 aliphatic rings. The van der Waals surface area contributed by atoms with Crippen LogP contribution in [0.5, 0.6) is 5.75 Å². The predicted molar refractivity (Wildman–Crippen MR) is 56.4 cm³/mol. The molecule has 0 amide bonds. The molecule has 0 unspecified atom stereocenters. The van der Waals surface area contributed by atoms with E-state index in [1.165, 1.54) is 0 Å². The zero-order valence-electron chi connectivity index (χ0n) is 6.41. The van der Waals surface area contributed by atoms with Crippen LogP contribution < -0.4 is 0 Å². The lowest BCUT2D eigenvalue weighted by atomic mass is 10.2. The van der Waals surface area contributed by atoms with Crippen molar-refractivity contribution in [1.29, 1.82) is 0 Å². The van der Waals surface area contributed by atoms with Gasteiger partial charge in [0, 0.05) is 14.9 Å². The van der Waals surface area contributed by atoms with Crippen LogP contribution in [-0.2, 0) is 6.54 Å². The second kappa shape index (κ2) is 4.50. The summed E-state index contributed by atoms with van der Waals surface area (Å²) in [5, 5.41) is 12.9. The van der Waals surface area contributed by atoms with E-state index in [1.54, 1.807) is 12.1 Å². The van der Waals surface area contributed by atoms with Gasteiger partial charge in [-0.2, -0.15) is 0 Å². The molecule has 0 radical (unpaired) electrons. The molecular formula is C7H5Br2N3O. The van der Waals surface area contributed by atoms with Crippen LogP contribution in [0.15, 0.2) is 26.2 Å². The Morgan fingerprint density at radius 2 is 2.15 bits per heavy atom. The van der Waals surface area contributed by atoms with Crippen molar-refractivity contribution in [3.8, 4) is 5.75 Å². The maximum Gasteiger partial charge on any atom is 0.133 e. The highest BCUT2D eigenvalue weighted by molar-refractivity contribution is 9.11. The van der Waals surface area contributed by atoms with E-state index >= 15 is 0 Å². The number of rotatable bonds is 2. The first kappa shape index (κ1) is 10.4. The van der Waals surface area contributed by atoms with Gasteiger partial charge in [0.15, 0.2) is 0 Å². The molecule has 1 aromatic rings. The Morgan fingerprint density at radius 3 is 2.77 bits per heavy atom. The molecule has 1 aromatic carbocycles. The molecule has 4 nitrogen and oxygen atoms in total. The molecule has 68 valence electrons. The number of phenols is 1. The minimum Gasteiger partial charge on any atom is -0.506 e. The number of benzene rings is 1. The minimum absolute atomic E-state index is 0.107. The van der Waals surface area contributed by atoms with Crippen LogP contribution in [0.3, 0.4) is 0 Å². The van der Waals surface area contributed by atoms with Crippen molar-refractivity contribution in [2.24, 2.45) is 5.11 Å². The van der Waals surface area contributed by atoms with Gasteiger partial charge < -0.3 is 5.11 Å². The predicted octanol–water partition coefficient (Wildman–Crippen LogP) is 3.73. The summed E-state index contributed by atoms with van der Waals surface area (Å²) in [6.07, 6.45) is 0. The summed E-state index contributed by atoms with van der Waals surface area (Å²) >= 11 is 6.44. The second-order valence-electron chi connectivity index (χ2n) is 2.28. The molecule has 0 bridgehead atoms. The number of nitrogens with zero attached hydrogens (tertiary/aromatic N) is 3. The van der Waals surface area contributed by atoms with Gasteiger partial charge in [-0.25, -0.2) is 0 Å². The van der Waals surface area contributed by atoms with Crippen molar-refractivity contribution in [3.05, 3.63) is 37.1 Å². The molecule has 6 heteroatoms. The number of hydrogen-bond donors (Lipinski definition) is 1. The standard InChI is InChI=1S/C7H5Br2N3O/c8-5-1-4(3-11-12-10)7(13)6(9)2-5/h1-2,13H,3H2. The normalized spacial score (nSPS) is 9.38. The van der Waals surface area contributed by atoms with Crippen LogP contribution >= 0.6 is 31.9 Å². The fourth-order valence-electron chi connectivity index (χ4n) is 0.848. The molecule has 0 fully saturated rings. The molecule has 0 spiro atoms. The lowest BCUT2D eigenvalue weighted by molar-refractivity contribution is 0.465. The summed E-state index contributed by atoms with van der Waals surface area (Å²) < 4.78 is 1.39. The summed E-state index contributed by atoms with van der Waals surface area (Å²) in [6, 6.07) is 3.42.